The predicted octanol–water partition coefficient (Wildman–Crippen LogP) is 3.65. The van der Waals surface area contributed by atoms with Gasteiger partial charge in [-0.25, -0.2) is 0 Å². The molecular formula is C31H42N2O7. The topological polar surface area (TPSA) is 106 Å². The van der Waals surface area contributed by atoms with Crippen molar-refractivity contribution < 1.29 is 33.7 Å². The number of aliphatic hydroxyl groups excluding tert-OH is 1. The molecule has 2 amide bonds. The molecule has 9 nitrogen and oxygen atoms in total. The molecule has 2 bridgehead atoms. The summed E-state index contributed by atoms with van der Waals surface area (Å²) in [5, 5.41) is 9.15. The molecule has 218 valence electrons. The van der Waals surface area contributed by atoms with E-state index in [4.69, 9.17) is 19.3 Å². The van der Waals surface area contributed by atoms with Crippen molar-refractivity contribution in [3.05, 3.63) is 49.6 Å². The molecule has 3 aliphatic heterocycles. The van der Waals surface area contributed by atoms with Crippen LogP contribution < -0.4 is 9.64 Å². The maximum Gasteiger partial charge on any atom is 0.312 e. The van der Waals surface area contributed by atoms with Gasteiger partial charge in [0.15, 0.2) is 0 Å². The number of aliphatic hydroxyl groups is 1. The molecule has 1 N–H and O–H groups in total. The number of unbranched alkanes of at least 4 members (excludes halogenated alkanes) is 3. The van der Waals surface area contributed by atoms with Crippen LogP contribution in [-0.2, 0) is 23.9 Å². The summed E-state index contributed by atoms with van der Waals surface area (Å²) in [6.45, 7) is 10.3. The lowest BCUT2D eigenvalue weighted by Crippen LogP contribution is -2.56. The second kappa shape index (κ2) is 12.6. The van der Waals surface area contributed by atoms with Gasteiger partial charge in [0.25, 0.3) is 5.91 Å². The number of ether oxygens (including phenoxy) is 3. The Morgan fingerprint density at radius 2 is 1.88 bits per heavy atom. The molecule has 5 atom stereocenters. The number of nitrogens with zero attached hydrogens (tertiary/aromatic N) is 2. The normalized spacial score (nSPS) is 28.3. The minimum Gasteiger partial charge on any atom is -0.497 e. The van der Waals surface area contributed by atoms with E-state index >= 15 is 0 Å². The number of anilines is 1. The van der Waals surface area contributed by atoms with Gasteiger partial charge in [-0.2, -0.15) is 0 Å². The summed E-state index contributed by atoms with van der Waals surface area (Å²) in [4.78, 5) is 45.3. The van der Waals surface area contributed by atoms with Gasteiger partial charge in [-0.1, -0.05) is 25.0 Å². The first-order chi connectivity index (χ1) is 19.3. The highest BCUT2D eigenvalue weighted by molar-refractivity contribution is 6.04. The van der Waals surface area contributed by atoms with Gasteiger partial charge in [0.05, 0.1) is 25.2 Å². The lowest BCUT2D eigenvalue weighted by Gasteiger charge is -2.37. The van der Waals surface area contributed by atoms with E-state index in [1.54, 1.807) is 53.3 Å². The molecule has 40 heavy (non-hydrogen) atoms. The highest BCUT2D eigenvalue weighted by Gasteiger charge is 2.78. The van der Waals surface area contributed by atoms with Gasteiger partial charge < -0.3 is 29.1 Å². The largest absolute Gasteiger partial charge is 0.497 e. The van der Waals surface area contributed by atoms with E-state index < -0.39 is 35.0 Å². The third-order valence-corrected chi connectivity index (χ3v) is 8.60. The standard InChI is InChI=1S/C31H42N2O7/c1-5-7-21-39-29(37)25-24-27(35)33(19-10-8-9-11-20-34)26(31(24)17-16-30(25,3)40-31)28(36)32(18-6-2)22-12-14-23(38-4)15-13-22/h5-6,12-15,24-26,34H,1-2,7-11,16-21H2,3-4H3/t24-,25+,26?,30-,31?/m0/s1. The van der Waals surface area contributed by atoms with Crippen molar-refractivity contribution in [2.45, 2.75) is 69.1 Å². The highest BCUT2D eigenvalue weighted by Crippen LogP contribution is 2.63. The van der Waals surface area contributed by atoms with E-state index in [0.717, 1.165) is 12.8 Å². The molecule has 3 heterocycles. The average Bonchev–Trinajstić information content (AvgIpc) is 3.52. The average molecular weight is 555 g/mol. The minimum absolute atomic E-state index is 0.120. The summed E-state index contributed by atoms with van der Waals surface area (Å²) in [5.41, 5.74) is -1.36. The minimum atomic E-state index is -1.12. The summed E-state index contributed by atoms with van der Waals surface area (Å²) in [6.07, 6.45) is 7.89. The number of hydrogen-bond acceptors (Lipinski definition) is 7. The van der Waals surface area contributed by atoms with Gasteiger partial charge in [0.2, 0.25) is 5.91 Å². The van der Waals surface area contributed by atoms with Crippen LogP contribution in [0.1, 0.15) is 51.9 Å². The van der Waals surface area contributed by atoms with Crippen LogP contribution in [0.4, 0.5) is 5.69 Å². The number of rotatable bonds is 15. The van der Waals surface area contributed by atoms with Crippen molar-refractivity contribution in [2.24, 2.45) is 11.8 Å². The van der Waals surface area contributed by atoms with Crippen LogP contribution in [0.25, 0.3) is 0 Å². The predicted molar refractivity (Wildman–Crippen MR) is 151 cm³/mol. The molecule has 0 aliphatic carbocycles. The zero-order valence-electron chi connectivity index (χ0n) is 23.7. The Balaban J connectivity index is 1.70. The van der Waals surface area contributed by atoms with Crippen LogP contribution >= 0.6 is 0 Å². The summed E-state index contributed by atoms with van der Waals surface area (Å²) in [5.74, 6) is -1.88. The van der Waals surface area contributed by atoms with Gasteiger partial charge >= 0.3 is 5.97 Å². The van der Waals surface area contributed by atoms with E-state index in [0.29, 0.717) is 50.1 Å². The zero-order valence-corrected chi connectivity index (χ0v) is 23.7. The Morgan fingerprint density at radius 3 is 2.52 bits per heavy atom. The monoisotopic (exact) mass is 554 g/mol. The summed E-state index contributed by atoms with van der Waals surface area (Å²) >= 11 is 0. The van der Waals surface area contributed by atoms with Crippen molar-refractivity contribution >= 4 is 23.5 Å². The Kier molecular flexibility index (Phi) is 9.36. The Bertz CT molecular complexity index is 1110. The van der Waals surface area contributed by atoms with E-state index in [1.165, 1.54) is 0 Å². The van der Waals surface area contributed by atoms with E-state index in [-0.39, 0.29) is 31.6 Å². The van der Waals surface area contributed by atoms with E-state index in [9.17, 15) is 14.4 Å². The fourth-order valence-electron chi connectivity index (χ4n) is 6.74. The molecule has 0 aromatic heterocycles. The highest BCUT2D eigenvalue weighted by atomic mass is 16.6. The fraction of sp³-hybridized carbons (Fsp3) is 0.581. The van der Waals surface area contributed by atoms with E-state index in [1.807, 2.05) is 6.92 Å². The van der Waals surface area contributed by atoms with Crippen molar-refractivity contribution in [3.8, 4) is 5.75 Å². The summed E-state index contributed by atoms with van der Waals surface area (Å²) < 4.78 is 17.5. The van der Waals surface area contributed by atoms with E-state index in [2.05, 4.69) is 13.2 Å². The quantitative estimate of drug-likeness (QED) is 0.200. The first-order valence-corrected chi connectivity index (χ1v) is 14.2. The van der Waals surface area contributed by atoms with Crippen LogP contribution in [0.5, 0.6) is 5.75 Å². The second-order valence-electron chi connectivity index (χ2n) is 11.1. The van der Waals surface area contributed by atoms with Gasteiger partial charge in [0.1, 0.15) is 23.3 Å². The fourth-order valence-corrected chi connectivity index (χ4v) is 6.74. The second-order valence-corrected chi connectivity index (χ2v) is 11.1. The smallest absolute Gasteiger partial charge is 0.312 e. The Labute approximate surface area is 236 Å². The van der Waals surface area contributed by atoms with Gasteiger partial charge in [0, 0.05) is 25.4 Å². The maximum atomic E-state index is 14.5. The summed E-state index contributed by atoms with van der Waals surface area (Å²) in [6, 6.07) is 6.29. The van der Waals surface area contributed by atoms with Crippen molar-refractivity contribution in [2.75, 3.05) is 38.3 Å². The molecule has 1 aromatic rings. The summed E-state index contributed by atoms with van der Waals surface area (Å²) in [7, 11) is 1.58. The maximum absolute atomic E-state index is 14.5. The molecule has 3 aliphatic rings. The van der Waals surface area contributed by atoms with Crippen LogP contribution in [-0.4, -0.2) is 78.4 Å². The lowest BCUT2D eigenvalue weighted by atomic mass is 9.66. The number of likely N-dealkylation sites (tertiary alicyclic amines) is 1. The number of fused-ring (bicyclic) bond motifs is 1. The van der Waals surface area contributed by atoms with Crippen LogP contribution in [0, 0.1) is 11.8 Å². The number of carbonyl (C=O) groups is 3. The molecule has 1 spiro atoms. The number of hydrogen-bond donors (Lipinski definition) is 1. The lowest BCUT2D eigenvalue weighted by molar-refractivity contribution is -0.159. The van der Waals surface area contributed by atoms with Crippen molar-refractivity contribution in [1.82, 2.24) is 4.90 Å². The number of amides is 2. The van der Waals surface area contributed by atoms with Crippen molar-refractivity contribution in [1.29, 1.82) is 0 Å². The van der Waals surface area contributed by atoms with Crippen LogP contribution in [0.15, 0.2) is 49.6 Å². The van der Waals surface area contributed by atoms with Crippen LogP contribution in [0.3, 0.4) is 0 Å². The van der Waals surface area contributed by atoms with Crippen LogP contribution in [0.2, 0.25) is 0 Å². The van der Waals surface area contributed by atoms with Gasteiger partial charge in [-0.3, -0.25) is 14.4 Å². The van der Waals surface area contributed by atoms with Gasteiger partial charge in [-0.05, 0) is 63.3 Å². The molecule has 1 aromatic carbocycles. The van der Waals surface area contributed by atoms with Crippen molar-refractivity contribution in [3.63, 3.8) is 0 Å². The Hall–Kier alpha value is -3.17. The molecule has 4 rings (SSSR count). The molecule has 3 saturated heterocycles. The molecule has 9 heteroatoms. The number of methoxy groups -OCH3 is 1. The molecule has 0 saturated carbocycles. The zero-order chi connectivity index (χ0) is 28.9. The SMILES string of the molecule is C=CCCOC(=O)[C@H]1[C@H]2C(=O)N(CCCCCCO)C(C(=O)N(CC=C)c3ccc(OC)cc3)C23CC[C@]1(C)O3. The molecular weight excluding hydrogens is 512 g/mol. The molecule has 2 unspecified atom stereocenters. The first kappa shape index (κ1) is 29.8. The number of carbonyl (C=O) groups excluding carboxylic acids is 3. The first-order valence-electron chi connectivity index (χ1n) is 14.2. The third kappa shape index (κ3) is 5.29. The van der Waals surface area contributed by atoms with Gasteiger partial charge in [-0.15, -0.1) is 13.2 Å². The molecule has 0 radical (unpaired) electrons. The number of benzene rings is 1. The number of esters is 1. The Morgan fingerprint density at radius 1 is 1.15 bits per heavy atom. The third-order valence-electron chi connectivity index (χ3n) is 8.60. The molecule has 3 fully saturated rings.